The van der Waals surface area contributed by atoms with E-state index in [4.69, 9.17) is 4.74 Å². The Bertz CT molecular complexity index is 278. The minimum atomic E-state index is -0.396. The third-order valence-corrected chi connectivity index (χ3v) is 3.74. The van der Waals surface area contributed by atoms with Crippen molar-refractivity contribution in [2.24, 2.45) is 0 Å². The highest BCUT2D eigenvalue weighted by Crippen LogP contribution is 2.33. The van der Waals surface area contributed by atoms with Gasteiger partial charge in [-0.2, -0.15) is 11.8 Å². The molecule has 0 aromatic heterocycles. The molecular formula is C13H25NO2S. The van der Waals surface area contributed by atoms with Crippen LogP contribution in [0, 0.1) is 0 Å². The Labute approximate surface area is 109 Å². The van der Waals surface area contributed by atoms with Crippen LogP contribution in [0.3, 0.4) is 0 Å². The molecule has 1 atom stereocenters. The first-order valence-electron chi connectivity index (χ1n) is 6.22. The fraction of sp³-hybridized carbons (Fsp3) is 0.923. The third-order valence-electron chi connectivity index (χ3n) is 2.32. The van der Waals surface area contributed by atoms with Gasteiger partial charge in [-0.1, -0.05) is 20.8 Å². The average Bonchev–Trinajstić information content (AvgIpc) is 2.45. The summed E-state index contributed by atoms with van der Waals surface area (Å²) in [6.07, 6.45) is 0.899. The molecule has 1 unspecified atom stereocenters. The molecule has 1 amide bonds. The molecule has 4 heteroatoms. The van der Waals surface area contributed by atoms with Crippen molar-refractivity contribution in [2.75, 3.05) is 13.1 Å². The summed E-state index contributed by atoms with van der Waals surface area (Å²) in [6.45, 7) is 14.0. The molecule has 1 fully saturated rings. The highest BCUT2D eigenvalue weighted by Gasteiger charge is 2.32. The number of nitrogens with zero attached hydrogens (tertiary/aromatic N) is 1. The molecule has 1 rings (SSSR count). The number of hydrogen-bond acceptors (Lipinski definition) is 3. The quantitative estimate of drug-likeness (QED) is 0.721. The Balaban J connectivity index is 2.43. The molecular weight excluding hydrogens is 234 g/mol. The van der Waals surface area contributed by atoms with Gasteiger partial charge in [0.15, 0.2) is 0 Å². The van der Waals surface area contributed by atoms with Crippen LogP contribution in [-0.4, -0.2) is 39.7 Å². The summed E-state index contributed by atoms with van der Waals surface area (Å²) < 4.78 is 5.64. The molecule has 0 aliphatic carbocycles. The first-order valence-corrected chi connectivity index (χ1v) is 7.10. The topological polar surface area (TPSA) is 29.5 Å². The van der Waals surface area contributed by atoms with Crippen molar-refractivity contribution in [2.45, 2.75) is 63.6 Å². The van der Waals surface area contributed by atoms with E-state index in [2.05, 4.69) is 20.8 Å². The Morgan fingerprint density at radius 3 is 2.29 bits per heavy atom. The second-order valence-corrected chi connectivity index (χ2v) is 8.69. The summed E-state index contributed by atoms with van der Waals surface area (Å²) in [6, 6.07) is 0. The first-order chi connectivity index (χ1) is 7.57. The van der Waals surface area contributed by atoms with Crippen LogP contribution < -0.4 is 0 Å². The van der Waals surface area contributed by atoms with Crippen LogP contribution in [0.5, 0.6) is 0 Å². The minimum absolute atomic E-state index is 0.172. The molecule has 1 heterocycles. The minimum Gasteiger partial charge on any atom is -0.444 e. The van der Waals surface area contributed by atoms with Gasteiger partial charge in [0.05, 0.1) is 0 Å². The van der Waals surface area contributed by atoms with Crippen LogP contribution in [0.25, 0.3) is 0 Å². The highest BCUT2D eigenvalue weighted by atomic mass is 32.2. The fourth-order valence-corrected chi connectivity index (χ4v) is 3.29. The van der Waals surface area contributed by atoms with Gasteiger partial charge >= 0.3 is 6.09 Å². The molecule has 0 saturated carbocycles. The Kier molecular flexibility index (Phi) is 4.39. The van der Waals surface area contributed by atoms with E-state index in [9.17, 15) is 4.79 Å². The monoisotopic (exact) mass is 259 g/mol. The molecule has 3 nitrogen and oxygen atoms in total. The van der Waals surface area contributed by atoms with Gasteiger partial charge in [-0.15, -0.1) is 0 Å². The highest BCUT2D eigenvalue weighted by molar-refractivity contribution is 8.01. The summed E-state index contributed by atoms with van der Waals surface area (Å²) in [5, 5.41) is 0.544. The predicted molar refractivity (Wildman–Crippen MR) is 73.6 cm³/mol. The maximum atomic E-state index is 11.9. The Hall–Kier alpha value is -0.380. The molecule has 0 aromatic carbocycles. The molecule has 0 radical (unpaired) electrons. The number of carbonyl (C=O) groups excluding carboxylic acids is 1. The Morgan fingerprint density at radius 2 is 1.82 bits per heavy atom. The van der Waals surface area contributed by atoms with Gasteiger partial charge in [0.25, 0.3) is 0 Å². The molecule has 0 aromatic rings. The molecule has 100 valence electrons. The first kappa shape index (κ1) is 14.7. The van der Waals surface area contributed by atoms with E-state index in [-0.39, 0.29) is 10.8 Å². The smallest absolute Gasteiger partial charge is 0.410 e. The van der Waals surface area contributed by atoms with E-state index in [0.29, 0.717) is 5.25 Å². The summed E-state index contributed by atoms with van der Waals surface area (Å²) in [5.41, 5.74) is -0.396. The molecule has 0 spiro atoms. The van der Waals surface area contributed by atoms with Crippen LogP contribution in [0.2, 0.25) is 0 Å². The van der Waals surface area contributed by atoms with Gasteiger partial charge in [-0.25, -0.2) is 4.79 Å². The van der Waals surface area contributed by atoms with E-state index in [1.165, 1.54) is 0 Å². The predicted octanol–water partition coefficient (Wildman–Crippen LogP) is 3.53. The zero-order valence-electron chi connectivity index (χ0n) is 11.9. The summed E-state index contributed by atoms with van der Waals surface area (Å²) >= 11 is 1.95. The lowest BCUT2D eigenvalue weighted by Crippen LogP contribution is -2.35. The van der Waals surface area contributed by atoms with Crippen LogP contribution in [0.15, 0.2) is 0 Å². The summed E-state index contributed by atoms with van der Waals surface area (Å²) in [7, 11) is 0. The van der Waals surface area contributed by atoms with E-state index in [0.717, 1.165) is 19.5 Å². The lowest BCUT2D eigenvalue weighted by Gasteiger charge is -2.25. The van der Waals surface area contributed by atoms with Crippen LogP contribution in [-0.2, 0) is 4.74 Å². The summed E-state index contributed by atoms with van der Waals surface area (Å²) in [5.74, 6) is 0. The lowest BCUT2D eigenvalue weighted by atomic mass is 10.2. The maximum Gasteiger partial charge on any atom is 0.410 e. The van der Waals surface area contributed by atoms with Crippen molar-refractivity contribution < 1.29 is 9.53 Å². The number of ether oxygens (including phenoxy) is 1. The standard InChI is InChI=1S/C13H25NO2S/c1-12(2,3)16-11(15)14-8-7-10(9-14)17-13(4,5)6/h10H,7-9H2,1-6H3. The van der Waals surface area contributed by atoms with E-state index >= 15 is 0 Å². The van der Waals surface area contributed by atoms with Crippen molar-refractivity contribution in [1.82, 2.24) is 4.90 Å². The fourth-order valence-electron chi connectivity index (χ4n) is 1.82. The van der Waals surface area contributed by atoms with Crippen LogP contribution >= 0.6 is 11.8 Å². The van der Waals surface area contributed by atoms with Crippen LogP contribution in [0.1, 0.15) is 48.0 Å². The van der Waals surface area contributed by atoms with Gasteiger partial charge in [0, 0.05) is 23.1 Å². The van der Waals surface area contributed by atoms with Gasteiger partial charge in [-0.05, 0) is 27.2 Å². The molecule has 1 aliphatic rings. The number of likely N-dealkylation sites (tertiary alicyclic amines) is 1. The van der Waals surface area contributed by atoms with Crippen molar-refractivity contribution in [3.8, 4) is 0 Å². The van der Waals surface area contributed by atoms with Crippen molar-refractivity contribution >= 4 is 17.9 Å². The van der Waals surface area contributed by atoms with E-state index < -0.39 is 5.60 Å². The number of carbonyl (C=O) groups is 1. The molecule has 0 N–H and O–H groups in total. The van der Waals surface area contributed by atoms with Gasteiger partial charge < -0.3 is 9.64 Å². The van der Waals surface area contributed by atoms with Gasteiger partial charge in [-0.3, -0.25) is 0 Å². The van der Waals surface area contributed by atoms with E-state index in [1.54, 1.807) is 0 Å². The largest absolute Gasteiger partial charge is 0.444 e. The second kappa shape index (κ2) is 5.09. The zero-order valence-corrected chi connectivity index (χ0v) is 12.7. The average molecular weight is 259 g/mol. The molecule has 1 saturated heterocycles. The molecule has 17 heavy (non-hydrogen) atoms. The number of amides is 1. The van der Waals surface area contributed by atoms with Crippen LogP contribution in [0.4, 0.5) is 4.79 Å². The van der Waals surface area contributed by atoms with Crippen molar-refractivity contribution in [3.05, 3.63) is 0 Å². The second-order valence-electron chi connectivity index (χ2n) is 6.57. The number of rotatable bonds is 1. The van der Waals surface area contributed by atoms with E-state index in [1.807, 2.05) is 37.4 Å². The number of hydrogen-bond donors (Lipinski definition) is 0. The number of thioether (sulfide) groups is 1. The third kappa shape index (κ3) is 5.66. The zero-order chi connectivity index (χ0) is 13.3. The molecule has 0 bridgehead atoms. The maximum absolute atomic E-state index is 11.9. The van der Waals surface area contributed by atoms with Crippen molar-refractivity contribution in [3.63, 3.8) is 0 Å². The normalized spacial score (nSPS) is 21.8. The van der Waals surface area contributed by atoms with Crippen molar-refractivity contribution in [1.29, 1.82) is 0 Å². The lowest BCUT2D eigenvalue weighted by molar-refractivity contribution is 0.0295. The summed E-state index contributed by atoms with van der Waals surface area (Å²) in [4.78, 5) is 13.7. The van der Waals surface area contributed by atoms with Gasteiger partial charge in [0.2, 0.25) is 0 Å². The Morgan fingerprint density at radius 1 is 1.24 bits per heavy atom. The molecule has 1 aliphatic heterocycles. The van der Waals surface area contributed by atoms with Gasteiger partial charge in [0.1, 0.15) is 5.60 Å². The SMILES string of the molecule is CC(C)(C)OC(=O)N1CCC(SC(C)(C)C)C1.